The van der Waals surface area contributed by atoms with Crippen LogP contribution in [-0.4, -0.2) is 62.7 Å². The van der Waals surface area contributed by atoms with Gasteiger partial charge in [0.15, 0.2) is 11.5 Å². The molecule has 2 aliphatic heterocycles. The number of nitrogens with zero attached hydrogens (tertiary/aromatic N) is 2. The Hall–Kier alpha value is -2.73. The lowest BCUT2D eigenvalue weighted by Crippen LogP contribution is -2.41. The molecule has 0 aliphatic carbocycles. The van der Waals surface area contributed by atoms with Gasteiger partial charge in [0.2, 0.25) is 5.75 Å². The first kappa shape index (κ1) is 19.6. The van der Waals surface area contributed by atoms with E-state index in [2.05, 4.69) is 29.2 Å². The van der Waals surface area contributed by atoms with Gasteiger partial charge in [-0.3, -0.25) is 9.69 Å². The van der Waals surface area contributed by atoms with E-state index >= 15 is 0 Å². The number of methoxy groups -OCH3 is 3. The smallest absolute Gasteiger partial charge is 0.257 e. The second-order valence-electron chi connectivity index (χ2n) is 7.56. The first-order valence-electron chi connectivity index (χ1n) is 10.0. The van der Waals surface area contributed by atoms with Gasteiger partial charge in [-0.05, 0) is 36.1 Å². The molecule has 154 valence electrons. The molecule has 2 aromatic rings. The van der Waals surface area contributed by atoms with Gasteiger partial charge in [-0.2, -0.15) is 0 Å². The van der Waals surface area contributed by atoms with Crippen LogP contribution in [0.2, 0.25) is 0 Å². The van der Waals surface area contributed by atoms with Gasteiger partial charge in [-0.25, -0.2) is 0 Å². The summed E-state index contributed by atoms with van der Waals surface area (Å²) in [5, 5.41) is 0. The number of rotatable bonds is 5. The number of carbonyl (C=O) groups is 1. The van der Waals surface area contributed by atoms with E-state index in [0.717, 1.165) is 39.0 Å². The lowest BCUT2D eigenvalue weighted by Gasteiger charge is -2.33. The molecule has 2 heterocycles. The average Bonchev–Trinajstić information content (AvgIpc) is 3.27. The Labute approximate surface area is 172 Å². The van der Waals surface area contributed by atoms with Crippen molar-refractivity contribution in [2.45, 2.75) is 25.4 Å². The van der Waals surface area contributed by atoms with Gasteiger partial charge >= 0.3 is 0 Å². The van der Waals surface area contributed by atoms with Gasteiger partial charge < -0.3 is 19.1 Å². The summed E-state index contributed by atoms with van der Waals surface area (Å²) in [5.41, 5.74) is 3.37. The van der Waals surface area contributed by atoms with Crippen LogP contribution in [0.25, 0.3) is 0 Å². The van der Waals surface area contributed by atoms with E-state index in [1.54, 1.807) is 33.5 Å². The summed E-state index contributed by atoms with van der Waals surface area (Å²) in [5.74, 6) is 1.39. The Kier molecular flexibility index (Phi) is 5.62. The summed E-state index contributed by atoms with van der Waals surface area (Å²) >= 11 is 0. The van der Waals surface area contributed by atoms with Crippen molar-refractivity contribution in [3.8, 4) is 17.2 Å². The third kappa shape index (κ3) is 3.65. The molecule has 0 saturated carbocycles. The third-order valence-corrected chi connectivity index (χ3v) is 6.06. The fraction of sp³-hybridized carbons (Fsp3) is 0.435. The molecule has 1 amide bonds. The number of fused-ring (bicyclic) bond motifs is 1. The van der Waals surface area contributed by atoms with Gasteiger partial charge in [0.05, 0.1) is 26.9 Å². The molecule has 1 saturated heterocycles. The van der Waals surface area contributed by atoms with Crippen LogP contribution in [0, 0.1) is 0 Å². The highest BCUT2D eigenvalue weighted by molar-refractivity contribution is 5.98. The van der Waals surface area contributed by atoms with Crippen molar-refractivity contribution >= 4 is 5.91 Å². The number of hydrogen-bond acceptors (Lipinski definition) is 5. The first-order chi connectivity index (χ1) is 14.2. The van der Waals surface area contributed by atoms with Crippen LogP contribution in [0.4, 0.5) is 0 Å². The molecule has 6 nitrogen and oxygen atoms in total. The highest BCUT2D eigenvalue weighted by atomic mass is 16.5. The fourth-order valence-corrected chi connectivity index (χ4v) is 4.49. The third-order valence-electron chi connectivity index (χ3n) is 6.06. The molecule has 2 aromatic carbocycles. The van der Waals surface area contributed by atoms with E-state index in [9.17, 15) is 4.79 Å². The van der Waals surface area contributed by atoms with Crippen molar-refractivity contribution in [3.05, 3.63) is 53.1 Å². The highest BCUT2D eigenvalue weighted by Gasteiger charge is 2.34. The number of hydrogen-bond donors (Lipinski definition) is 0. The van der Waals surface area contributed by atoms with Gasteiger partial charge in [-0.15, -0.1) is 0 Å². The van der Waals surface area contributed by atoms with Crippen LogP contribution in [0.15, 0.2) is 36.4 Å². The molecule has 1 unspecified atom stereocenters. The summed E-state index contributed by atoms with van der Waals surface area (Å²) < 4.78 is 16.3. The minimum absolute atomic E-state index is 0.0253. The summed E-state index contributed by atoms with van der Waals surface area (Å²) in [6, 6.07) is 12.6. The largest absolute Gasteiger partial charge is 0.493 e. The van der Waals surface area contributed by atoms with Crippen molar-refractivity contribution in [2.24, 2.45) is 0 Å². The van der Waals surface area contributed by atoms with E-state index in [1.165, 1.54) is 11.1 Å². The number of likely N-dealkylation sites (tertiary alicyclic amines) is 1. The Morgan fingerprint density at radius 2 is 1.69 bits per heavy atom. The molecule has 0 spiro atoms. The zero-order valence-electron chi connectivity index (χ0n) is 17.3. The molecule has 0 aromatic heterocycles. The molecule has 0 N–H and O–H groups in total. The Balaban J connectivity index is 1.49. The fourth-order valence-electron chi connectivity index (χ4n) is 4.49. The summed E-state index contributed by atoms with van der Waals surface area (Å²) in [4.78, 5) is 17.7. The average molecular weight is 396 g/mol. The van der Waals surface area contributed by atoms with Crippen molar-refractivity contribution in [3.63, 3.8) is 0 Å². The standard InChI is InChI=1S/C23H28N2O4/c1-27-20-9-8-19(21(28-2)22(20)29-3)23(26)25-13-11-18(15-25)24-12-10-16-6-4-5-7-17(16)14-24/h4-9,18H,10-15H2,1-3H3. The molecular weight excluding hydrogens is 368 g/mol. The number of amides is 1. The van der Waals surface area contributed by atoms with Crippen molar-refractivity contribution in [1.29, 1.82) is 0 Å². The molecule has 6 heteroatoms. The van der Waals surface area contributed by atoms with Crippen molar-refractivity contribution < 1.29 is 19.0 Å². The minimum Gasteiger partial charge on any atom is -0.493 e. The van der Waals surface area contributed by atoms with Gasteiger partial charge in [0.25, 0.3) is 5.91 Å². The number of benzene rings is 2. The first-order valence-corrected chi connectivity index (χ1v) is 10.0. The molecule has 1 fully saturated rings. The monoisotopic (exact) mass is 396 g/mol. The maximum atomic E-state index is 13.3. The second-order valence-corrected chi connectivity index (χ2v) is 7.56. The molecule has 0 radical (unpaired) electrons. The van der Waals surface area contributed by atoms with E-state index < -0.39 is 0 Å². The second kappa shape index (κ2) is 8.33. The van der Waals surface area contributed by atoms with Crippen molar-refractivity contribution in [2.75, 3.05) is 41.0 Å². The molecule has 0 bridgehead atoms. The van der Waals surface area contributed by atoms with Crippen LogP contribution < -0.4 is 14.2 Å². The van der Waals surface area contributed by atoms with Crippen LogP contribution in [0.1, 0.15) is 27.9 Å². The van der Waals surface area contributed by atoms with Crippen LogP contribution in [0.5, 0.6) is 17.2 Å². The molecule has 1 atom stereocenters. The van der Waals surface area contributed by atoms with E-state index in [-0.39, 0.29) is 5.91 Å². The van der Waals surface area contributed by atoms with E-state index in [0.29, 0.717) is 28.9 Å². The molecule has 2 aliphatic rings. The minimum atomic E-state index is -0.0253. The predicted octanol–water partition coefficient (Wildman–Crippen LogP) is 2.99. The highest BCUT2D eigenvalue weighted by Crippen LogP contribution is 2.40. The van der Waals surface area contributed by atoms with Gasteiger partial charge in [0.1, 0.15) is 0 Å². The van der Waals surface area contributed by atoms with E-state index in [4.69, 9.17) is 14.2 Å². The SMILES string of the molecule is COc1ccc(C(=O)N2CCC(N3CCc4ccccc4C3)C2)c(OC)c1OC. The molecule has 29 heavy (non-hydrogen) atoms. The Morgan fingerprint density at radius 3 is 2.41 bits per heavy atom. The Morgan fingerprint density at radius 1 is 0.931 bits per heavy atom. The summed E-state index contributed by atoms with van der Waals surface area (Å²) in [7, 11) is 4.67. The summed E-state index contributed by atoms with van der Waals surface area (Å²) in [6.45, 7) is 3.49. The van der Waals surface area contributed by atoms with Crippen LogP contribution >= 0.6 is 0 Å². The molecule has 4 rings (SSSR count). The van der Waals surface area contributed by atoms with E-state index in [1.807, 2.05) is 4.90 Å². The maximum absolute atomic E-state index is 13.3. The van der Waals surface area contributed by atoms with Gasteiger partial charge in [0, 0.05) is 32.2 Å². The number of carbonyl (C=O) groups excluding carboxylic acids is 1. The quantitative estimate of drug-likeness (QED) is 0.778. The lowest BCUT2D eigenvalue weighted by atomic mass is 9.98. The number of ether oxygens (including phenoxy) is 3. The zero-order chi connectivity index (χ0) is 20.4. The summed E-state index contributed by atoms with van der Waals surface area (Å²) in [6.07, 6.45) is 2.06. The lowest BCUT2D eigenvalue weighted by molar-refractivity contribution is 0.0769. The van der Waals surface area contributed by atoms with Crippen LogP contribution in [0.3, 0.4) is 0 Å². The van der Waals surface area contributed by atoms with Crippen LogP contribution in [-0.2, 0) is 13.0 Å². The normalized spacial score (nSPS) is 19.0. The topological polar surface area (TPSA) is 51.2 Å². The van der Waals surface area contributed by atoms with Gasteiger partial charge in [-0.1, -0.05) is 24.3 Å². The maximum Gasteiger partial charge on any atom is 0.257 e. The molecular formula is C23H28N2O4. The Bertz CT molecular complexity index is 898. The van der Waals surface area contributed by atoms with Crippen molar-refractivity contribution in [1.82, 2.24) is 9.80 Å². The predicted molar refractivity (Wildman–Crippen MR) is 111 cm³/mol. The zero-order valence-corrected chi connectivity index (χ0v) is 17.3.